The molecule has 2 amide bonds. The van der Waals surface area contributed by atoms with Crippen LogP contribution in [0.25, 0.3) is 9.40 Å². The lowest BCUT2D eigenvalue weighted by Gasteiger charge is -2.49. The van der Waals surface area contributed by atoms with Crippen molar-refractivity contribution in [1.29, 1.82) is 0 Å². The van der Waals surface area contributed by atoms with Gasteiger partial charge >= 0.3 is 5.97 Å². The molecular weight excluding hydrogens is 645 g/mol. The average molecular weight is 660 g/mol. The molecule has 1 fully saturated rings. The van der Waals surface area contributed by atoms with Gasteiger partial charge in [0.05, 0.1) is 17.9 Å². The molecule has 2 aliphatic heterocycles. The molecule has 3 aromatic rings. The standard InChI is InChI=1S/C22H15ClFN5O6S5/c23-12-3-9-11(30)4-13(40-21(9)39-12)36-2-1-8-5-37-19-15(18(32)29(19)16(8)20(33)34)27-17(31)14(28-35-7-24)10-6-38-22(25)26-10/h1-4,6,15,19H,5,7H2,(H2,25,26)(H,27,31)(H,33,34)/b2-1+,28-14-/t15?,19-/m1/s1. The summed E-state index contributed by atoms with van der Waals surface area (Å²) in [5.41, 5.74) is 5.30. The van der Waals surface area contributed by atoms with E-state index in [0.29, 0.717) is 19.5 Å². The Bertz CT molecular complexity index is 1680. The van der Waals surface area contributed by atoms with Crippen LogP contribution >= 0.6 is 69.1 Å². The van der Waals surface area contributed by atoms with Crippen LogP contribution in [0.15, 0.2) is 54.4 Å². The SMILES string of the molecule is Nc1nc(/C(=N/OCF)C(=O)NC2C(=O)N3C(C(=O)O)=C(/C=C/Sc4cc(=O)c5cc(Cl)sc5s4)CS[C@H]23)cs1. The molecule has 0 spiro atoms. The number of carbonyl (C=O) groups excluding carboxylic acids is 2. The van der Waals surface area contributed by atoms with Crippen molar-refractivity contribution in [1.82, 2.24) is 15.2 Å². The number of β-lactam (4-membered cyclic amide) rings is 1. The number of allylic oxidation sites excluding steroid dienone is 1. The molecule has 0 radical (unpaired) electrons. The second-order valence-electron chi connectivity index (χ2n) is 7.89. The largest absolute Gasteiger partial charge is 0.477 e. The van der Waals surface area contributed by atoms with E-state index in [1.165, 1.54) is 57.6 Å². The van der Waals surface area contributed by atoms with Gasteiger partial charge in [0.1, 0.15) is 22.8 Å². The monoisotopic (exact) mass is 659 g/mol. The number of hydrogen-bond acceptors (Lipinski definition) is 13. The van der Waals surface area contributed by atoms with Gasteiger partial charge in [0, 0.05) is 17.2 Å². The van der Waals surface area contributed by atoms with Crippen molar-refractivity contribution >= 4 is 107 Å². The maximum atomic E-state index is 13.0. The minimum Gasteiger partial charge on any atom is -0.477 e. The normalized spacial score (nSPS) is 19.2. The highest BCUT2D eigenvalue weighted by Crippen LogP contribution is 2.41. The second-order valence-corrected chi connectivity index (χ2v) is 14.1. The summed E-state index contributed by atoms with van der Waals surface area (Å²) in [6.45, 7) is -1.29. The number of halogens is 2. The van der Waals surface area contributed by atoms with Gasteiger partial charge in [-0.05, 0) is 23.1 Å². The van der Waals surface area contributed by atoms with Gasteiger partial charge in [-0.2, -0.15) is 0 Å². The minimum atomic E-state index is -1.30. The van der Waals surface area contributed by atoms with E-state index in [1.807, 2.05) is 0 Å². The van der Waals surface area contributed by atoms with Crippen molar-refractivity contribution in [3.63, 3.8) is 0 Å². The lowest BCUT2D eigenvalue weighted by molar-refractivity contribution is -0.150. The number of thiophene rings is 1. The van der Waals surface area contributed by atoms with E-state index >= 15 is 0 Å². The summed E-state index contributed by atoms with van der Waals surface area (Å²) in [5.74, 6) is -2.56. The molecule has 0 aliphatic carbocycles. The number of alkyl halides is 1. The lowest BCUT2D eigenvalue weighted by atomic mass is 10.0. The molecule has 5 rings (SSSR count). The first-order chi connectivity index (χ1) is 19.2. The van der Waals surface area contributed by atoms with Gasteiger partial charge in [0.25, 0.3) is 18.7 Å². The third-order valence-corrected chi connectivity index (χ3v) is 10.9. The Hall–Kier alpha value is -2.96. The highest BCUT2D eigenvalue weighted by molar-refractivity contribution is 8.04. The van der Waals surface area contributed by atoms with Gasteiger partial charge in [-0.25, -0.2) is 14.2 Å². The van der Waals surface area contributed by atoms with E-state index in [4.69, 9.17) is 17.3 Å². The zero-order valence-electron chi connectivity index (χ0n) is 19.7. The fourth-order valence-corrected chi connectivity index (χ4v) is 9.41. The van der Waals surface area contributed by atoms with E-state index < -0.39 is 36.1 Å². The van der Waals surface area contributed by atoms with Gasteiger partial charge in [-0.15, -0.1) is 45.8 Å². The molecule has 11 nitrogen and oxygen atoms in total. The lowest BCUT2D eigenvalue weighted by Crippen LogP contribution is -2.71. The van der Waals surface area contributed by atoms with Crippen LogP contribution in [0.5, 0.6) is 0 Å². The number of carboxylic acids is 1. The number of thiazole rings is 1. The quantitative estimate of drug-likeness (QED) is 0.134. The Morgan fingerprint density at radius 2 is 2.17 bits per heavy atom. The Morgan fingerprint density at radius 3 is 2.88 bits per heavy atom. The summed E-state index contributed by atoms with van der Waals surface area (Å²) in [4.78, 5) is 59.8. The maximum absolute atomic E-state index is 13.0. The molecule has 2 aliphatic rings. The van der Waals surface area contributed by atoms with Crippen molar-refractivity contribution in [2.24, 2.45) is 5.16 Å². The van der Waals surface area contributed by atoms with Crippen LogP contribution in [0.3, 0.4) is 0 Å². The number of anilines is 1. The number of aromatic nitrogens is 1. The van der Waals surface area contributed by atoms with Gasteiger partial charge in [-0.3, -0.25) is 19.3 Å². The van der Waals surface area contributed by atoms with E-state index in [9.17, 15) is 28.7 Å². The van der Waals surface area contributed by atoms with Crippen LogP contribution in [0, 0.1) is 0 Å². The minimum absolute atomic E-state index is 0.0377. The van der Waals surface area contributed by atoms with Crippen LogP contribution < -0.4 is 16.5 Å². The fourth-order valence-electron chi connectivity index (χ4n) is 3.81. The van der Waals surface area contributed by atoms with Gasteiger partial charge in [0.15, 0.2) is 16.3 Å². The van der Waals surface area contributed by atoms with Crippen LogP contribution in [-0.4, -0.2) is 62.5 Å². The van der Waals surface area contributed by atoms with Crippen molar-refractivity contribution < 1.29 is 28.7 Å². The highest BCUT2D eigenvalue weighted by Gasteiger charge is 2.54. The number of hydrogen-bond donors (Lipinski definition) is 3. The van der Waals surface area contributed by atoms with Gasteiger partial charge in [-0.1, -0.05) is 28.5 Å². The summed E-state index contributed by atoms with van der Waals surface area (Å²) in [6, 6.07) is 2.07. The molecule has 4 N–H and O–H groups in total. The number of fused-ring (bicyclic) bond motifs is 2. The summed E-state index contributed by atoms with van der Waals surface area (Å²) >= 11 is 12.3. The summed E-state index contributed by atoms with van der Waals surface area (Å²) in [6.07, 6.45) is 1.59. The molecular formula is C22H15ClFN5O6S5. The Balaban J connectivity index is 1.32. The number of amides is 2. The van der Waals surface area contributed by atoms with Gasteiger partial charge < -0.3 is 21.0 Å². The van der Waals surface area contributed by atoms with Crippen molar-refractivity contribution in [3.8, 4) is 0 Å². The molecule has 40 heavy (non-hydrogen) atoms. The second kappa shape index (κ2) is 11.9. The van der Waals surface area contributed by atoms with Crippen molar-refractivity contribution in [2.45, 2.75) is 15.6 Å². The van der Waals surface area contributed by atoms with E-state index in [1.54, 1.807) is 17.6 Å². The number of nitrogens with zero attached hydrogens (tertiary/aromatic N) is 3. The number of thioether (sulfide) groups is 2. The predicted octanol–water partition coefficient (Wildman–Crippen LogP) is 3.71. The predicted molar refractivity (Wildman–Crippen MR) is 156 cm³/mol. The smallest absolute Gasteiger partial charge is 0.352 e. The topological polar surface area (TPSA) is 164 Å². The highest BCUT2D eigenvalue weighted by atomic mass is 35.5. The number of nitrogen functional groups attached to an aromatic ring is 1. The van der Waals surface area contributed by atoms with Gasteiger partial charge in [0.2, 0.25) is 0 Å². The zero-order valence-corrected chi connectivity index (χ0v) is 24.5. The van der Waals surface area contributed by atoms with E-state index in [2.05, 4.69) is 20.3 Å². The van der Waals surface area contributed by atoms with Crippen LogP contribution in [-0.2, 0) is 19.2 Å². The molecule has 2 atom stereocenters. The summed E-state index contributed by atoms with van der Waals surface area (Å²) < 4.78 is 14.5. The first kappa shape index (κ1) is 28.6. The van der Waals surface area contributed by atoms with E-state index in [-0.39, 0.29) is 33.4 Å². The first-order valence-corrected chi connectivity index (χ1v) is 15.8. The molecule has 208 valence electrons. The Morgan fingerprint density at radius 1 is 1.38 bits per heavy atom. The number of nitrogens with two attached hydrogens (primary N) is 1. The Labute approximate surface area is 249 Å². The first-order valence-electron chi connectivity index (χ1n) is 10.9. The van der Waals surface area contributed by atoms with Crippen molar-refractivity contribution in [3.05, 3.63) is 60.5 Å². The van der Waals surface area contributed by atoms with Crippen LogP contribution in [0.1, 0.15) is 5.69 Å². The van der Waals surface area contributed by atoms with E-state index in [0.717, 1.165) is 20.3 Å². The number of carboxylic acid groups (broad SMARTS) is 1. The third-order valence-electron chi connectivity index (χ3n) is 5.50. The Kier molecular flexibility index (Phi) is 8.48. The average Bonchev–Trinajstić information content (AvgIpc) is 3.51. The van der Waals surface area contributed by atoms with Crippen LogP contribution in [0.4, 0.5) is 9.52 Å². The summed E-state index contributed by atoms with van der Waals surface area (Å²) in [5, 5.41) is 18.9. The van der Waals surface area contributed by atoms with Crippen molar-refractivity contribution in [2.75, 3.05) is 18.3 Å². The molecule has 0 bridgehead atoms. The summed E-state index contributed by atoms with van der Waals surface area (Å²) in [7, 11) is 0. The number of oxime groups is 1. The molecule has 0 saturated carbocycles. The van der Waals surface area contributed by atoms with Crippen LogP contribution in [0.2, 0.25) is 4.34 Å². The molecule has 0 aromatic carbocycles. The molecule has 3 aromatic heterocycles. The maximum Gasteiger partial charge on any atom is 0.352 e. The number of aliphatic carboxylic acids is 1. The molecule has 1 unspecified atom stereocenters. The number of carbonyl (C=O) groups is 3. The number of nitrogens with one attached hydrogen (secondary N) is 1. The molecule has 1 saturated heterocycles. The molecule has 18 heteroatoms. The number of rotatable bonds is 9. The zero-order chi connectivity index (χ0) is 28.6. The fraction of sp³-hybridized carbons (Fsp3) is 0.182. The molecule has 5 heterocycles. The third kappa shape index (κ3) is 5.61.